The summed E-state index contributed by atoms with van der Waals surface area (Å²) in [4.78, 5) is 0. The average molecular weight is 249 g/mol. The fraction of sp³-hybridized carbons (Fsp3) is 0.600. The zero-order valence-corrected chi connectivity index (χ0v) is 12.1. The van der Waals surface area contributed by atoms with Crippen LogP contribution in [-0.2, 0) is 6.42 Å². The molecule has 0 saturated heterocycles. The Morgan fingerprint density at radius 1 is 1.24 bits per heavy atom. The summed E-state index contributed by atoms with van der Waals surface area (Å²) in [5.74, 6) is 0.751. The van der Waals surface area contributed by atoms with Crippen molar-refractivity contribution in [3.63, 3.8) is 0 Å². The number of fused-ring (bicyclic) bond motifs is 1. The maximum atomic E-state index is 3.49. The smallest absolute Gasteiger partial charge is 0.0444 e. The lowest BCUT2D eigenvalue weighted by Crippen LogP contribution is -2.26. The summed E-state index contributed by atoms with van der Waals surface area (Å²) in [5, 5.41) is 4.91. The number of thioether (sulfide) groups is 1. The second-order valence-corrected chi connectivity index (χ2v) is 6.91. The minimum Gasteiger partial charge on any atom is -0.312 e. The monoisotopic (exact) mass is 249 g/mol. The molecule has 2 heteroatoms. The molecule has 1 aliphatic rings. The number of hydrogen-bond acceptors (Lipinski definition) is 2. The van der Waals surface area contributed by atoms with Gasteiger partial charge in [-0.05, 0) is 30.5 Å². The maximum absolute atomic E-state index is 3.49. The van der Waals surface area contributed by atoms with Crippen LogP contribution in [0.4, 0.5) is 0 Å². The number of rotatable bonds is 4. The Hall–Kier alpha value is -0.470. The molecule has 0 aliphatic heterocycles. The van der Waals surface area contributed by atoms with E-state index in [1.807, 2.05) is 0 Å². The molecular weight excluding hydrogens is 226 g/mol. The van der Waals surface area contributed by atoms with Gasteiger partial charge in [0.15, 0.2) is 0 Å². The molecule has 0 bridgehead atoms. The molecule has 0 aromatic heterocycles. The van der Waals surface area contributed by atoms with Gasteiger partial charge in [0.2, 0.25) is 0 Å². The molecule has 0 spiro atoms. The lowest BCUT2D eigenvalue weighted by atomic mass is 10.1. The quantitative estimate of drug-likeness (QED) is 0.874. The molecule has 94 valence electrons. The Bertz CT molecular complexity index is 375. The third-order valence-electron chi connectivity index (χ3n) is 3.82. The minimum absolute atomic E-state index is 0.525. The lowest BCUT2D eigenvalue weighted by Gasteiger charge is -2.24. The molecular formula is C15H23NS. The SMILES string of the molecule is CNC1c2ccccc2CC1SC(C)C(C)C. The third-order valence-corrected chi connectivity index (χ3v) is 5.58. The number of nitrogens with one attached hydrogen (secondary N) is 1. The zero-order valence-electron chi connectivity index (χ0n) is 11.2. The van der Waals surface area contributed by atoms with E-state index in [0.29, 0.717) is 11.3 Å². The summed E-state index contributed by atoms with van der Waals surface area (Å²) >= 11 is 2.14. The van der Waals surface area contributed by atoms with Gasteiger partial charge in [-0.2, -0.15) is 11.8 Å². The molecule has 1 N–H and O–H groups in total. The largest absolute Gasteiger partial charge is 0.312 e. The molecule has 1 aliphatic carbocycles. The Balaban J connectivity index is 2.12. The van der Waals surface area contributed by atoms with Crippen molar-refractivity contribution in [2.24, 2.45) is 5.92 Å². The first-order valence-corrected chi connectivity index (χ1v) is 7.48. The first kappa shape index (κ1) is 13.0. The molecule has 0 fully saturated rings. The summed E-state index contributed by atoms with van der Waals surface area (Å²) < 4.78 is 0. The van der Waals surface area contributed by atoms with E-state index in [2.05, 4.69) is 69.2 Å². The van der Waals surface area contributed by atoms with Crippen LogP contribution in [0, 0.1) is 5.92 Å². The highest BCUT2D eigenvalue weighted by atomic mass is 32.2. The molecule has 1 aromatic carbocycles. The number of benzene rings is 1. The van der Waals surface area contributed by atoms with E-state index >= 15 is 0 Å². The molecule has 0 heterocycles. The van der Waals surface area contributed by atoms with E-state index in [9.17, 15) is 0 Å². The predicted octanol–water partition coefficient (Wildman–Crippen LogP) is 3.65. The number of hydrogen-bond donors (Lipinski definition) is 1. The van der Waals surface area contributed by atoms with Crippen LogP contribution in [0.3, 0.4) is 0 Å². The van der Waals surface area contributed by atoms with Crippen molar-refractivity contribution in [2.75, 3.05) is 7.05 Å². The van der Waals surface area contributed by atoms with Gasteiger partial charge in [-0.1, -0.05) is 45.0 Å². The van der Waals surface area contributed by atoms with E-state index in [4.69, 9.17) is 0 Å². The Morgan fingerprint density at radius 3 is 2.59 bits per heavy atom. The Morgan fingerprint density at radius 2 is 1.94 bits per heavy atom. The molecule has 1 aromatic rings. The summed E-state index contributed by atoms with van der Waals surface area (Å²) in [5.41, 5.74) is 3.03. The van der Waals surface area contributed by atoms with Gasteiger partial charge in [0.25, 0.3) is 0 Å². The minimum atomic E-state index is 0.525. The summed E-state index contributed by atoms with van der Waals surface area (Å²) in [6.45, 7) is 6.98. The van der Waals surface area contributed by atoms with Crippen LogP contribution in [0.25, 0.3) is 0 Å². The van der Waals surface area contributed by atoms with Crippen molar-refractivity contribution in [2.45, 2.75) is 43.7 Å². The molecule has 2 rings (SSSR count). The standard InChI is InChI=1S/C15H23NS/c1-10(2)11(3)17-14-9-12-7-5-6-8-13(12)15(14)16-4/h5-8,10-11,14-16H,9H2,1-4H3. The molecule has 0 amide bonds. The van der Waals surface area contributed by atoms with Crippen molar-refractivity contribution in [3.05, 3.63) is 35.4 Å². The van der Waals surface area contributed by atoms with Crippen LogP contribution in [0.15, 0.2) is 24.3 Å². The maximum Gasteiger partial charge on any atom is 0.0444 e. The first-order valence-electron chi connectivity index (χ1n) is 6.54. The second-order valence-electron chi connectivity index (χ2n) is 5.29. The highest BCUT2D eigenvalue weighted by molar-refractivity contribution is 8.00. The van der Waals surface area contributed by atoms with E-state index in [0.717, 1.165) is 11.2 Å². The fourth-order valence-corrected chi connectivity index (χ4v) is 4.04. The van der Waals surface area contributed by atoms with Crippen LogP contribution in [0.5, 0.6) is 0 Å². The van der Waals surface area contributed by atoms with E-state index in [1.54, 1.807) is 0 Å². The van der Waals surface area contributed by atoms with Gasteiger partial charge in [0.1, 0.15) is 0 Å². The second kappa shape index (κ2) is 5.45. The lowest BCUT2D eigenvalue weighted by molar-refractivity contribution is 0.590. The fourth-order valence-electron chi connectivity index (χ4n) is 2.46. The van der Waals surface area contributed by atoms with Gasteiger partial charge >= 0.3 is 0 Å². The van der Waals surface area contributed by atoms with Crippen LogP contribution < -0.4 is 5.32 Å². The summed E-state index contributed by atoms with van der Waals surface area (Å²) in [7, 11) is 2.08. The molecule has 0 saturated carbocycles. The van der Waals surface area contributed by atoms with Crippen molar-refractivity contribution in [3.8, 4) is 0 Å². The molecule has 0 radical (unpaired) electrons. The summed E-state index contributed by atoms with van der Waals surface area (Å²) in [6, 6.07) is 9.39. The van der Waals surface area contributed by atoms with Gasteiger partial charge in [0, 0.05) is 16.5 Å². The van der Waals surface area contributed by atoms with Crippen molar-refractivity contribution in [1.29, 1.82) is 0 Å². The normalized spacial score (nSPS) is 25.0. The van der Waals surface area contributed by atoms with Gasteiger partial charge in [-0.25, -0.2) is 0 Å². The average Bonchev–Trinajstić information content (AvgIpc) is 2.65. The Labute approximate surface area is 109 Å². The van der Waals surface area contributed by atoms with E-state index < -0.39 is 0 Å². The van der Waals surface area contributed by atoms with Crippen molar-refractivity contribution < 1.29 is 0 Å². The predicted molar refractivity (Wildman–Crippen MR) is 77.6 cm³/mol. The van der Waals surface area contributed by atoms with Gasteiger partial charge in [-0.3, -0.25) is 0 Å². The molecule has 17 heavy (non-hydrogen) atoms. The topological polar surface area (TPSA) is 12.0 Å². The Kier molecular flexibility index (Phi) is 4.16. The van der Waals surface area contributed by atoms with Crippen molar-refractivity contribution >= 4 is 11.8 Å². The molecule has 1 nitrogen and oxygen atoms in total. The summed E-state index contributed by atoms with van der Waals surface area (Å²) in [6.07, 6.45) is 1.21. The van der Waals surface area contributed by atoms with Crippen LogP contribution in [0.2, 0.25) is 0 Å². The molecule has 3 unspecified atom stereocenters. The zero-order chi connectivity index (χ0) is 12.4. The third kappa shape index (κ3) is 2.69. The van der Waals surface area contributed by atoms with E-state index in [-0.39, 0.29) is 0 Å². The molecule has 3 atom stereocenters. The van der Waals surface area contributed by atoms with Gasteiger partial charge in [0.05, 0.1) is 0 Å². The van der Waals surface area contributed by atoms with Crippen LogP contribution in [-0.4, -0.2) is 17.5 Å². The highest BCUT2D eigenvalue weighted by Gasteiger charge is 2.32. The first-order chi connectivity index (χ1) is 8.13. The van der Waals surface area contributed by atoms with E-state index in [1.165, 1.54) is 17.5 Å². The van der Waals surface area contributed by atoms with Gasteiger partial charge < -0.3 is 5.32 Å². The highest BCUT2D eigenvalue weighted by Crippen LogP contribution is 2.40. The van der Waals surface area contributed by atoms with Crippen LogP contribution >= 0.6 is 11.8 Å². The van der Waals surface area contributed by atoms with Gasteiger partial charge in [-0.15, -0.1) is 0 Å². The van der Waals surface area contributed by atoms with Crippen LogP contribution in [0.1, 0.15) is 37.9 Å². The van der Waals surface area contributed by atoms with Crippen molar-refractivity contribution in [1.82, 2.24) is 5.32 Å².